The number of carboxylic acids is 1. The van der Waals surface area contributed by atoms with Crippen molar-refractivity contribution in [3.8, 4) is 34.5 Å². The fourth-order valence-corrected chi connectivity index (χ4v) is 8.44. The van der Waals surface area contributed by atoms with Crippen LogP contribution in [0.4, 0.5) is 57.9 Å². The molecule has 0 aliphatic rings. The maximum absolute atomic E-state index is 13.6. The molecule has 1 amide bonds. The topological polar surface area (TPSA) is 502 Å². The van der Waals surface area contributed by atoms with Crippen LogP contribution in [-0.4, -0.2) is 162 Å². The van der Waals surface area contributed by atoms with E-state index in [-0.39, 0.29) is 310 Å². The van der Waals surface area contributed by atoms with Crippen LogP contribution in [0.5, 0.6) is 34.5 Å². The number of methoxy groups -OCH3 is 3. The third-order valence-corrected chi connectivity index (χ3v) is 13.9. The summed E-state index contributed by atoms with van der Waals surface area (Å²) < 4.78 is 86.6. The molecule has 10 rings (SSSR count). The van der Waals surface area contributed by atoms with Crippen LogP contribution >= 0.6 is 45.4 Å². The number of rotatable bonds is 28. The van der Waals surface area contributed by atoms with E-state index in [0.29, 0.717) is 86.3 Å². The molecule has 0 saturated heterocycles. The maximum Gasteiger partial charge on any atom is 1.00 e. The Bertz CT molecular complexity index is 4660. The summed E-state index contributed by atoms with van der Waals surface area (Å²) in [5.74, 6) is -1.72. The molecule has 0 bridgehead atoms. The Hall–Kier alpha value is -4.62. The van der Waals surface area contributed by atoms with E-state index in [2.05, 4.69) is 63.2 Å². The number of aromatic hydroxyl groups is 1. The van der Waals surface area contributed by atoms with Gasteiger partial charge in [0.25, 0.3) is 36.0 Å². The second-order valence-corrected chi connectivity index (χ2v) is 28.8. The van der Waals surface area contributed by atoms with Gasteiger partial charge >= 0.3 is 283 Å². The first-order valence-corrected chi connectivity index (χ1v) is 44.4. The predicted octanol–water partition coefficient (Wildman–Crippen LogP) is 3.59. The number of amides is 1. The molecule has 0 fully saturated rings. The number of carbonyl (C=O) groups is 4. The van der Waals surface area contributed by atoms with E-state index in [1.165, 1.54) is 23.8 Å². The van der Waals surface area contributed by atoms with Crippen molar-refractivity contribution in [2.75, 3.05) is 83.9 Å². The summed E-state index contributed by atoms with van der Waals surface area (Å²) in [6.07, 6.45) is 0.395. The van der Waals surface area contributed by atoms with Gasteiger partial charge in [-0.2, -0.15) is 4.98 Å². The van der Waals surface area contributed by atoms with Gasteiger partial charge in [0.1, 0.15) is 38.6 Å². The molecule has 1 aromatic heterocycles. The Labute approximate surface area is 980 Å². The van der Waals surface area contributed by atoms with Crippen LogP contribution in [0.2, 0.25) is 5.28 Å². The largest absolute Gasteiger partial charge is 1.00 e. The molecule has 35 nitrogen and oxygen atoms in total. The van der Waals surface area contributed by atoms with Crippen molar-refractivity contribution in [1.82, 2.24) is 9.97 Å². The van der Waals surface area contributed by atoms with Gasteiger partial charge < -0.3 is 97.3 Å². The number of hydrogen-bond acceptors (Lipinski definition) is 30. The smallest absolute Gasteiger partial charge is 1.00 e. The number of nitro benzene ring substituents is 3. The van der Waals surface area contributed by atoms with Gasteiger partial charge in [0, 0.05) is 81.5 Å². The number of carboxylic acid groups (broad SMARTS) is 1. The van der Waals surface area contributed by atoms with Crippen molar-refractivity contribution < 1.29 is 374 Å². The molecular formula is C82H95BrCl3Cs2F3K2N8O27Sn. The van der Waals surface area contributed by atoms with Gasteiger partial charge in [0.05, 0.1) is 65.6 Å². The van der Waals surface area contributed by atoms with E-state index in [1.54, 1.807) is 85.4 Å². The zero-order chi connectivity index (χ0) is 94.2. The number of phenols is 1. The number of nitrogen functional groups attached to an aromatic ring is 1. The number of ether oxygens (including phenoxy) is 9. The molecule has 9 aromatic carbocycles. The fourth-order valence-electron chi connectivity index (χ4n) is 7.93. The van der Waals surface area contributed by atoms with Crippen LogP contribution in [0.25, 0.3) is 0 Å². The van der Waals surface area contributed by atoms with Crippen molar-refractivity contribution in [3.05, 3.63) is 300 Å². The Morgan fingerprint density at radius 1 is 0.550 bits per heavy atom. The normalized spacial score (nSPS) is 9.20. The molecular weight excluding hydrogens is 2230 g/mol. The van der Waals surface area contributed by atoms with Gasteiger partial charge in [-0.15, -0.1) is 0 Å². The summed E-state index contributed by atoms with van der Waals surface area (Å²) in [5, 5.41) is 86.2. The van der Waals surface area contributed by atoms with Crippen molar-refractivity contribution >= 4 is 129 Å². The maximum atomic E-state index is 13.6. The van der Waals surface area contributed by atoms with Gasteiger partial charge in [-0.3, -0.25) is 50.0 Å². The number of anilines is 4. The molecule has 0 spiro atoms. The number of aliphatic carboxylic acids is 1. The SMILES string of the molecule is BrCc1ccccc1.CC(=O)O.CC(C)(C)OC(=O)Nc1cccc(Nc2nc(Cl)ncc2F)c1.CCO.COCCO.COCCOc1ccc(N)cc1OCc1ccccc1.COCCOc1ccc([N+](=O)[O-])cc1OCc1ccccc1.O=CO[O-].O=CO[O-].O=[N+]([O-])c1ccc(F)c(O)c1.O=[N+]([O-])c1ccc(F)c(OCc2ccccc2)c1.[Cl][Sn][Cl].[Cs+].[Cs+].[H-].[H-].[K+].[K+]. The summed E-state index contributed by atoms with van der Waals surface area (Å²) in [7, 11) is 14.6. The number of halogens is 7. The second-order valence-electron chi connectivity index (χ2n) is 23.7. The molecule has 682 valence electrons. The number of nitro groups is 3. The average molecular weight is 2330 g/mol. The Morgan fingerprint density at radius 2 is 0.915 bits per heavy atom. The van der Waals surface area contributed by atoms with Crippen LogP contribution in [0.3, 0.4) is 0 Å². The number of aliphatic hydroxyl groups excluding tert-OH is 2. The van der Waals surface area contributed by atoms with Crippen molar-refractivity contribution in [3.63, 3.8) is 0 Å². The number of alkyl halides is 1. The van der Waals surface area contributed by atoms with Gasteiger partial charge in [-0.25, -0.2) is 22.9 Å². The second kappa shape index (κ2) is 87.4. The van der Waals surface area contributed by atoms with Crippen LogP contribution < -0.4 is 291 Å². The van der Waals surface area contributed by atoms with Crippen LogP contribution in [-0.2, 0) is 68.3 Å². The number of hydrogen-bond donors (Lipinski definition) is 7. The quantitative estimate of drug-likeness (QED) is 0.00424. The first-order valence-electron chi connectivity index (χ1n) is 35.7. The molecule has 0 aliphatic carbocycles. The monoisotopic (exact) mass is 2330 g/mol. The molecule has 10 aromatic rings. The average Bonchev–Trinajstić information content (AvgIpc) is 0.831. The van der Waals surface area contributed by atoms with Crippen molar-refractivity contribution in [1.29, 1.82) is 0 Å². The van der Waals surface area contributed by atoms with Crippen LogP contribution in [0.15, 0.2) is 225 Å². The molecule has 47 heteroatoms. The predicted molar refractivity (Wildman–Crippen MR) is 463 cm³/mol. The Kier molecular flexibility index (Phi) is 91.6. The first-order chi connectivity index (χ1) is 59.7. The molecule has 0 unspecified atom stereocenters. The third kappa shape index (κ3) is 72.5. The molecule has 0 saturated carbocycles. The summed E-state index contributed by atoms with van der Waals surface area (Å²) in [4.78, 5) is 80.3. The van der Waals surface area contributed by atoms with E-state index in [4.69, 9.17) is 118 Å². The number of non-ortho nitro benzene ring substituents is 3. The summed E-state index contributed by atoms with van der Waals surface area (Å²) in [6.45, 7) is 11.3. The zero-order valence-corrected chi connectivity index (χ0v) is 97.9. The van der Waals surface area contributed by atoms with Gasteiger partial charge in [-0.1, -0.05) is 143 Å². The minimum atomic E-state index is -0.865. The molecule has 1 heterocycles. The van der Waals surface area contributed by atoms with Crippen molar-refractivity contribution in [2.24, 2.45) is 0 Å². The van der Waals surface area contributed by atoms with Gasteiger partial charge in [-0.05, 0) is 110 Å². The van der Waals surface area contributed by atoms with Gasteiger partial charge in [0.15, 0.2) is 57.8 Å². The first kappa shape index (κ1) is 135. The summed E-state index contributed by atoms with van der Waals surface area (Å²) in [6, 6.07) is 61.1. The minimum absolute atomic E-state index is 0. The van der Waals surface area contributed by atoms with E-state index in [9.17, 15) is 48.3 Å². The number of carbonyl (C=O) groups excluding carboxylic acids is 3. The molecule has 0 aliphatic heterocycles. The number of nitrogens with two attached hydrogens (primary N) is 1. The van der Waals surface area contributed by atoms with Gasteiger partial charge in [0.2, 0.25) is 5.28 Å². The number of aliphatic hydroxyl groups is 2. The molecule has 129 heavy (non-hydrogen) atoms. The third-order valence-electron chi connectivity index (χ3n) is 13.0. The van der Waals surface area contributed by atoms with E-state index >= 15 is 0 Å². The van der Waals surface area contributed by atoms with E-state index in [1.807, 2.05) is 115 Å². The number of aromatic nitrogens is 2. The van der Waals surface area contributed by atoms with E-state index in [0.717, 1.165) is 71.5 Å². The molecule has 0 atom stereocenters. The number of phenolic OH excluding ortho intramolecular Hbond substituents is 1. The fraction of sp³-hybridized carbons (Fsp3) is 0.244. The van der Waals surface area contributed by atoms with Crippen LogP contribution in [0.1, 0.15) is 59.7 Å². The summed E-state index contributed by atoms with van der Waals surface area (Å²) in [5.41, 5.74) is 10.5. The standard InChI is InChI=1S/C16H17NO5.C16H19NO3.C15H16ClFN4O2.C13H10FNO3.C7H7Br.C6H4FNO3.C3H8O2.C2H4O2.C2H6O.2CH2O3.2ClH.2Cs.2K.Sn.2H/c1-20-9-10-21-15-8-7-14(17(18)19)11-16(15)22-12-13-5-3-2-4-6-13;1-18-9-10-19-15-8-7-14(17)11-16(15)20-12-13-5-3-2-4-6-13;1-15(2,3)23-14(22)20-10-6-4-5-9(7-10)19-12-11(17)8-18-13(16)21-12;14-12-7-6-11(15(16)17)8-13(12)18-9-10-4-2-1-3-5-10;8-6-7-4-2-1-3-5-7;7-5-2-1-4(8(10)11)3-6(5)9;1-5-3-2-4;1-2(3)4;1-2-3;2*2-1-4-3;;;;;;;;;/h2-8,11H,9-10,12H2,1H3;2-8,11H,9-10,12,17H2,1H3;4-8H,1-3H3,(H,20,22)(H,18,19,21);1-8H,9H2;1-5H,6H2;1-3,9H;4H,2-3H2,1H3;1H3,(H,3,4);3H,2H2,1H3;2*1,3H;2*1H;;;;;;;/q;;;;;;;;;;;;;4*+1;+2;2*-1/p-4. The van der Waals surface area contributed by atoms with Crippen LogP contribution in [0, 0.1) is 47.8 Å². The van der Waals surface area contributed by atoms with E-state index < -0.39 is 74.5 Å². The number of nitrogens with one attached hydrogen (secondary N) is 2. The number of benzene rings is 9. The summed E-state index contributed by atoms with van der Waals surface area (Å²) >= 11 is 8.17. The minimum Gasteiger partial charge on any atom is -1.00 e. The van der Waals surface area contributed by atoms with Crippen molar-refractivity contribution in [2.45, 2.75) is 65.4 Å². The Morgan fingerprint density at radius 3 is 1.28 bits per heavy atom. The molecule has 8 N–H and O–H groups in total. The zero-order valence-electron chi connectivity index (χ0n) is 74.4. The Balaban J connectivity index is -0.000000222. The molecule has 2 radical (unpaired) electrons. The number of nitrogens with zero attached hydrogens (tertiary/aromatic N) is 5.